The van der Waals surface area contributed by atoms with Crippen molar-refractivity contribution in [3.8, 4) is 11.1 Å². The van der Waals surface area contributed by atoms with Gasteiger partial charge in [-0.15, -0.1) is 0 Å². The SMILES string of the molecule is CCCCCc1ccc(C2CCc3c(ccc(-c4cccc(F)c4F)c3F)C2)c(F)c1. The fraction of sp³-hybridized carbons (Fsp3) is 0.333. The van der Waals surface area contributed by atoms with Gasteiger partial charge in [-0.25, -0.2) is 17.6 Å². The molecule has 1 aliphatic carbocycles. The van der Waals surface area contributed by atoms with Crippen molar-refractivity contribution in [3.05, 3.63) is 94.1 Å². The fourth-order valence-corrected chi connectivity index (χ4v) is 4.63. The molecule has 0 spiro atoms. The number of rotatable bonds is 6. The third-order valence-electron chi connectivity index (χ3n) is 6.36. The van der Waals surface area contributed by atoms with E-state index in [-0.39, 0.29) is 22.9 Å². The highest BCUT2D eigenvalue weighted by atomic mass is 19.2. The van der Waals surface area contributed by atoms with E-state index in [0.29, 0.717) is 30.4 Å². The van der Waals surface area contributed by atoms with Gasteiger partial charge in [0.05, 0.1) is 0 Å². The van der Waals surface area contributed by atoms with Crippen LogP contribution in [0.25, 0.3) is 11.1 Å². The smallest absolute Gasteiger partial charge is 0.166 e. The Bertz CT molecular complexity index is 1090. The summed E-state index contributed by atoms with van der Waals surface area (Å²) in [5.41, 5.74) is 3.00. The van der Waals surface area contributed by atoms with Crippen LogP contribution in [0.5, 0.6) is 0 Å². The van der Waals surface area contributed by atoms with Gasteiger partial charge in [-0.05, 0) is 72.4 Å². The summed E-state index contributed by atoms with van der Waals surface area (Å²) in [6.45, 7) is 2.14. The maximum atomic E-state index is 15.2. The van der Waals surface area contributed by atoms with Gasteiger partial charge in [-0.2, -0.15) is 0 Å². The highest BCUT2D eigenvalue weighted by Gasteiger charge is 2.26. The molecule has 1 atom stereocenters. The first-order valence-corrected chi connectivity index (χ1v) is 11.0. The number of aryl methyl sites for hydroxylation is 1. The fourth-order valence-electron chi connectivity index (χ4n) is 4.63. The Labute approximate surface area is 180 Å². The zero-order valence-electron chi connectivity index (χ0n) is 17.7. The zero-order chi connectivity index (χ0) is 22.0. The van der Waals surface area contributed by atoms with Gasteiger partial charge >= 0.3 is 0 Å². The summed E-state index contributed by atoms with van der Waals surface area (Å²) in [6.07, 6.45) is 5.79. The van der Waals surface area contributed by atoms with Crippen molar-refractivity contribution < 1.29 is 17.6 Å². The molecule has 0 saturated heterocycles. The maximum absolute atomic E-state index is 15.2. The predicted octanol–water partition coefficient (Wildman–Crippen LogP) is 7.92. The molecule has 162 valence electrons. The standard InChI is InChI=1S/C27H26F4/c1-2-3-4-6-17-9-12-20(25(29)15-17)18-10-13-21-19(16-18)11-14-23(26(21)30)22-7-5-8-24(28)27(22)31/h5,7-9,11-12,14-15,18H,2-4,6,10,13,16H2,1H3. The van der Waals surface area contributed by atoms with E-state index in [4.69, 9.17) is 0 Å². The van der Waals surface area contributed by atoms with Crippen LogP contribution in [0.2, 0.25) is 0 Å². The highest BCUT2D eigenvalue weighted by molar-refractivity contribution is 5.67. The Balaban J connectivity index is 1.57. The Hall–Kier alpha value is -2.62. The van der Waals surface area contributed by atoms with Crippen molar-refractivity contribution in [1.82, 2.24) is 0 Å². The molecule has 0 bridgehead atoms. The van der Waals surface area contributed by atoms with Gasteiger partial charge in [0.1, 0.15) is 11.6 Å². The van der Waals surface area contributed by atoms with Crippen LogP contribution in [-0.2, 0) is 19.3 Å². The second-order valence-electron chi connectivity index (χ2n) is 8.42. The van der Waals surface area contributed by atoms with Crippen molar-refractivity contribution in [2.24, 2.45) is 0 Å². The molecule has 3 aromatic carbocycles. The van der Waals surface area contributed by atoms with Gasteiger partial charge in [-0.3, -0.25) is 0 Å². The molecule has 0 radical (unpaired) electrons. The van der Waals surface area contributed by atoms with Crippen LogP contribution in [0.4, 0.5) is 17.6 Å². The van der Waals surface area contributed by atoms with E-state index in [1.54, 1.807) is 12.1 Å². The van der Waals surface area contributed by atoms with Crippen LogP contribution in [0, 0.1) is 23.3 Å². The summed E-state index contributed by atoms with van der Waals surface area (Å²) in [5, 5.41) is 0. The first kappa shape index (κ1) is 21.6. The van der Waals surface area contributed by atoms with Crippen molar-refractivity contribution in [3.63, 3.8) is 0 Å². The summed E-state index contributed by atoms with van der Waals surface area (Å²) in [5.74, 6) is -2.76. The number of hydrogen-bond acceptors (Lipinski definition) is 0. The van der Waals surface area contributed by atoms with Crippen molar-refractivity contribution in [2.75, 3.05) is 0 Å². The van der Waals surface area contributed by atoms with E-state index >= 15 is 4.39 Å². The van der Waals surface area contributed by atoms with E-state index < -0.39 is 17.5 Å². The second-order valence-corrected chi connectivity index (χ2v) is 8.42. The van der Waals surface area contributed by atoms with Crippen molar-refractivity contribution >= 4 is 0 Å². The Morgan fingerprint density at radius 1 is 0.839 bits per heavy atom. The lowest BCUT2D eigenvalue weighted by Gasteiger charge is -2.26. The van der Waals surface area contributed by atoms with E-state index in [2.05, 4.69) is 6.92 Å². The number of hydrogen-bond donors (Lipinski definition) is 0. The molecule has 4 heteroatoms. The molecular formula is C27H26F4. The Kier molecular flexibility index (Phi) is 6.45. The number of fused-ring (bicyclic) bond motifs is 1. The average Bonchev–Trinajstić information content (AvgIpc) is 2.76. The van der Waals surface area contributed by atoms with Gasteiger partial charge in [-0.1, -0.05) is 56.2 Å². The van der Waals surface area contributed by atoms with Gasteiger partial charge in [0.25, 0.3) is 0 Å². The third-order valence-corrected chi connectivity index (χ3v) is 6.36. The van der Waals surface area contributed by atoms with Gasteiger partial charge in [0.15, 0.2) is 11.6 Å². The van der Waals surface area contributed by atoms with E-state index in [1.165, 1.54) is 18.2 Å². The normalized spacial score (nSPS) is 15.7. The minimum atomic E-state index is -1.05. The topological polar surface area (TPSA) is 0 Å². The number of unbranched alkanes of at least 4 members (excludes halogenated alkanes) is 2. The summed E-state index contributed by atoms with van der Waals surface area (Å²) in [6, 6.07) is 12.5. The minimum Gasteiger partial charge on any atom is -0.207 e. The van der Waals surface area contributed by atoms with Crippen LogP contribution in [-0.4, -0.2) is 0 Å². The first-order valence-electron chi connectivity index (χ1n) is 11.0. The molecule has 0 N–H and O–H groups in total. The van der Waals surface area contributed by atoms with E-state index in [0.717, 1.165) is 42.9 Å². The van der Waals surface area contributed by atoms with Crippen LogP contribution in [0.3, 0.4) is 0 Å². The van der Waals surface area contributed by atoms with Crippen LogP contribution in [0.1, 0.15) is 60.8 Å². The number of halogens is 4. The van der Waals surface area contributed by atoms with Gasteiger partial charge in [0.2, 0.25) is 0 Å². The lowest BCUT2D eigenvalue weighted by molar-refractivity contribution is 0.506. The lowest BCUT2D eigenvalue weighted by atomic mass is 9.78. The highest BCUT2D eigenvalue weighted by Crippen LogP contribution is 2.38. The molecule has 0 heterocycles. The van der Waals surface area contributed by atoms with E-state index in [1.807, 2.05) is 12.1 Å². The summed E-state index contributed by atoms with van der Waals surface area (Å²) < 4.78 is 57.8. The van der Waals surface area contributed by atoms with Crippen LogP contribution >= 0.6 is 0 Å². The molecule has 31 heavy (non-hydrogen) atoms. The molecular weight excluding hydrogens is 400 g/mol. The summed E-state index contributed by atoms with van der Waals surface area (Å²) in [7, 11) is 0. The molecule has 0 fully saturated rings. The average molecular weight is 426 g/mol. The van der Waals surface area contributed by atoms with Gasteiger partial charge in [0, 0.05) is 11.1 Å². The molecule has 1 aliphatic rings. The molecule has 0 aliphatic heterocycles. The largest absolute Gasteiger partial charge is 0.207 e. The third kappa shape index (κ3) is 4.39. The van der Waals surface area contributed by atoms with Gasteiger partial charge < -0.3 is 0 Å². The molecule has 0 nitrogen and oxygen atoms in total. The zero-order valence-corrected chi connectivity index (χ0v) is 17.7. The summed E-state index contributed by atoms with van der Waals surface area (Å²) in [4.78, 5) is 0. The molecule has 0 saturated carbocycles. The minimum absolute atomic E-state index is 0.0200. The van der Waals surface area contributed by atoms with Crippen molar-refractivity contribution in [2.45, 2.75) is 57.8 Å². The quantitative estimate of drug-likeness (QED) is 0.277. The Morgan fingerprint density at radius 2 is 1.65 bits per heavy atom. The molecule has 0 aromatic heterocycles. The van der Waals surface area contributed by atoms with Crippen LogP contribution < -0.4 is 0 Å². The van der Waals surface area contributed by atoms with Crippen molar-refractivity contribution in [1.29, 1.82) is 0 Å². The van der Waals surface area contributed by atoms with Crippen LogP contribution in [0.15, 0.2) is 48.5 Å². The summed E-state index contributed by atoms with van der Waals surface area (Å²) >= 11 is 0. The predicted molar refractivity (Wildman–Crippen MR) is 116 cm³/mol. The first-order chi connectivity index (χ1) is 15.0. The molecule has 3 aromatic rings. The maximum Gasteiger partial charge on any atom is 0.166 e. The monoisotopic (exact) mass is 426 g/mol. The molecule has 1 unspecified atom stereocenters. The number of benzene rings is 3. The lowest BCUT2D eigenvalue weighted by Crippen LogP contribution is -2.16. The Morgan fingerprint density at radius 3 is 2.42 bits per heavy atom. The van der Waals surface area contributed by atoms with E-state index in [9.17, 15) is 13.2 Å². The molecule has 0 amide bonds. The molecule has 4 rings (SSSR count). The second kappa shape index (κ2) is 9.25.